The lowest BCUT2D eigenvalue weighted by molar-refractivity contribution is 0.100. The lowest BCUT2D eigenvalue weighted by Crippen LogP contribution is -2.22. The third-order valence-electron chi connectivity index (χ3n) is 4.58. The highest BCUT2D eigenvalue weighted by molar-refractivity contribution is 6.13. The van der Waals surface area contributed by atoms with E-state index < -0.39 is 11.9 Å². The molecule has 3 amide bonds. The molecule has 3 aromatic rings. The summed E-state index contributed by atoms with van der Waals surface area (Å²) in [5.74, 6) is 1.67. The summed E-state index contributed by atoms with van der Waals surface area (Å²) in [5.41, 5.74) is 19.1. The molecule has 0 unspecified atom stereocenters. The Morgan fingerprint density at radius 1 is 1.23 bits per heavy atom. The Morgan fingerprint density at radius 3 is 2.62 bits per heavy atom. The van der Waals surface area contributed by atoms with Crippen molar-refractivity contribution in [2.45, 2.75) is 25.3 Å². The molecule has 8 N–H and O–H groups in total. The van der Waals surface area contributed by atoms with E-state index in [-0.39, 0.29) is 11.4 Å². The number of urea groups is 1. The number of carbonyl (C=O) groups excluding carboxylic acids is 2. The van der Waals surface area contributed by atoms with Crippen molar-refractivity contribution >= 4 is 28.7 Å². The minimum Gasteiger partial charge on any atom is -0.460 e. The van der Waals surface area contributed by atoms with E-state index in [0.29, 0.717) is 23.4 Å². The largest absolute Gasteiger partial charge is 0.460 e. The van der Waals surface area contributed by atoms with Gasteiger partial charge in [-0.25, -0.2) is 4.79 Å². The van der Waals surface area contributed by atoms with Crippen LogP contribution in [0.2, 0.25) is 0 Å². The molecule has 0 bridgehead atoms. The molecule has 1 aliphatic rings. The Morgan fingerprint density at radius 2 is 2.00 bits per heavy atom. The van der Waals surface area contributed by atoms with E-state index in [2.05, 4.69) is 10.3 Å². The number of hydrogen-bond acceptors (Lipinski definition) is 4. The molecule has 2 heterocycles. The quantitative estimate of drug-likeness (QED) is 0.477. The monoisotopic (exact) mass is 353 g/mol. The fourth-order valence-electron chi connectivity index (χ4n) is 3.23. The van der Waals surface area contributed by atoms with Gasteiger partial charge in [-0.05, 0) is 25.0 Å². The van der Waals surface area contributed by atoms with Gasteiger partial charge in [0.25, 0.3) is 5.91 Å². The van der Waals surface area contributed by atoms with Crippen molar-refractivity contribution in [3.05, 3.63) is 41.2 Å². The van der Waals surface area contributed by atoms with Gasteiger partial charge in [0.1, 0.15) is 17.3 Å². The highest BCUT2D eigenvalue weighted by Crippen LogP contribution is 2.43. The number of hydrogen-bond donors (Lipinski definition) is 5. The number of carbonyl (C=O) groups is 2. The van der Waals surface area contributed by atoms with Gasteiger partial charge in [-0.2, -0.15) is 0 Å². The summed E-state index contributed by atoms with van der Waals surface area (Å²) >= 11 is 0. The van der Waals surface area contributed by atoms with Gasteiger partial charge in [0.15, 0.2) is 0 Å². The Bertz CT molecular complexity index is 1030. The molecular weight excluding hydrogens is 334 g/mol. The summed E-state index contributed by atoms with van der Waals surface area (Å²) in [5, 5.41) is 2.98. The molecule has 26 heavy (non-hydrogen) atoms. The molecule has 0 spiro atoms. The molecule has 4 rings (SSSR count). The zero-order valence-corrected chi connectivity index (χ0v) is 14.0. The maximum atomic E-state index is 11.8. The summed E-state index contributed by atoms with van der Waals surface area (Å²) < 4.78 is 6.04. The number of furan rings is 1. The van der Waals surface area contributed by atoms with Crippen LogP contribution in [0.15, 0.2) is 28.7 Å². The average Bonchev–Trinajstić information content (AvgIpc) is 3.24. The first-order chi connectivity index (χ1) is 12.5. The molecule has 134 valence electrons. The standard InChI is InChI=1S/C18H19N5O3/c19-7-10-6-13(8-1-2-8)26-15(10)9-3-4-11-12(5-9)22-17(23-18(21)25)14(11)16(20)24/h3-6,8,22H,1-2,7,19H2,(H2,20,24)(H3,21,23,25). The molecular formula is C18H19N5O3. The van der Waals surface area contributed by atoms with E-state index in [0.717, 1.165) is 35.5 Å². The summed E-state index contributed by atoms with van der Waals surface area (Å²) in [7, 11) is 0. The molecule has 8 nitrogen and oxygen atoms in total. The summed E-state index contributed by atoms with van der Waals surface area (Å²) in [6, 6.07) is 6.66. The third-order valence-corrected chi connectivity index (χ3v) is 4.58. The number of nitrogens with two attached hydrogens (primary N) is 3. The fraction of sp³-hybridized carbons (Fsp3) is 0.222. The van der Waals surface area contributed by atoms with E-state index in [4.69, 9.17) is 21.6 Å². The molecule has 2 aromatic heterocycles. The van der Waals surface area contributed by atoms with Gasteiger partial charge in [0.05, 0.1) is 5.56 Å². The van der Waals surface area contributed by atoms with Crippen molar-refractivity contribution in [2.75, 3.05) is 5.32 Å². The molecule has 1 saturated carbocycles. The van der Waals surface area contributed by atoms with Crippen molar-refractivity contribution < 1.29 is 14.0 Å². The molecule has 1 aromatic carbocycles. The average molecular weight is 353 g/mol. The van der Waals surface area contributed by atoms with Crippen LogP contribution in [-0.2, 0) is 6.54 Å². The number of rotatable bonds is 5. The Kier molecular flexibility index (Phi) is 3.69. The van der Waals surface area contributed by atoms with E-state index in [9.17, 15) is 9.59 Å². The van der Waals surface area contributed by atoms with Gasteiger partial charge in [-0.3, -0.25) is 10.1 Å². The predicted octanol–water partition coefficient (Wildman–Crippen LogP) is 2.35. The fourth-order valence-corrected chi connectivity index (χ4v) is 3.23. The normalized spacial score (nSPS) is 13.9. The third kappa shape index (κ3) is 2.70. The highest BCUT2D eigenvalue weighted by atomic mass is 16.3. The molecule has 0 radical (unpaired) electrons. The summed E-state index contributed by atoms with van der Waals surface area (Å²) in [6.45, 7) is 0.370. The number of primary amides is 2. The Labute approximate surface area is 148 Å². The second-order valence-electron chi connectivity index (χ2n) is 6.47. The second kappa shape index (κ2) is 5.92. The number of amides is 3. The topological polar surface area (TPSA) is 153 Å². The van der Waals surface area contributed by atoms with Crippen molar-refractivity contribution in [3.8, 4) is 11.3 Å². The van der Waals surface area contributed by atoms with Crippen LogP contribution in [0.4, 0.5) is 10.6 Å². The minimum absolute atomic E-state index is 0.175. The van der Waals surface area contributed by atoms with Crippen LogP contribution in [0, 0.1) is 0 Å². The lowest BCUT2D eigenvalue weighted by Gasteiger charge is -2.02. The van der Waals surface area contributed by atoms with E-state index >= 15 is 0 Å². The number of H-pyrrole nitrogens is 1. The number of fused-ring (bicyclic) bond motifs is 1. The first kappa shape index (κ1) is 16.2. The molecule has 1 aliphatic carbocycles. The van der Waals surface area contributed by atoms with Gasteiger partial charge >= 0.3 is 6.03 Å². The molecule has 0 saturated heterocycles. The van der Waals surface area contributed by atoms with Crippen LogP contribution in [0.3, 0.4) is 0 Å². The zero-order chi connectivity index (χ0) is 18.4. The number of benzene rings is 1. The van der Waals surface area contributed by atoms with Crippen molar-refractivity contribution in [3.63, 3.8) is 0 Å². The first-order valence-electron chi connectivity index (χ1n) is 8.33. The van der Waals surface area contributed by atoms with Crippen LogP contribution in [0.5, 0.6) is 0 Å². The first-order valence-corrected chi connectivity index (χ1v) is 8.33. The number of aromatic amines is 1. The number of nitrogens with one attached hydrogen (secondary N) is 2. The summed E-state index contributed by atoms with van der Waals surface area (Å²) in [4.78, 5) is 25.9. The van der Waals surface area contributed by atoms with Crippen molar-refractivity contribution in [2.24, 2.45) is 17.2 Å². The number of aromatic nitrogens is 1. The van der Waals surface area contributed by atoms with Gasteiger partial charge < -0.3 is 26.6 Å². The SMILES string of the molecule is NCc1cc(C2CC2)oc1-c1ccc2c(C(N)=O)c(NC(N)=O)[nH]c2c1. The molecule has 0 aliphatic heterocycles. The van der Waals surface area contributed by atoms with Crippen molar-refractivity contribution in [1.29, 1.82) is 0 Å². The Balaban J connectivity index is 1.83. The second-order valence-corrected chi connectivity index (χ2v) is 6.47. The lowest BCUT2D eigenvalue weighted by atomic mass is 10.1. The van der Waals surface area contributed by atoms with Gasteiger partial charge in [0.2, 0.25) is 0 Å². The van der Waals surface area contributed by atoms with Crippen LogP contribution in [0.25, 0.3) is 22.2 Å². The molecule has 8 heteroatoms. The van der Waals surface area contributed by atoms with Crippen LogP contribution >= 0.6 is 0 Å². The highest BCUT2D eigenvalue weighted by Gasteiger charge is 2.28. The van der Waals surface area contributed by atoms with Crippen LogP contribution in [-0.4, -0.2) is 16.9 Å². The smallest absolute Gasteiger partial charge is 0.317 e. The minimum atomic E-state index is -0.787. The predicted molar refractivity (Wildman–Crippen MR) is 97.6 cm³/mol. The molecule has 1 fully saturated rings. The van der Waals surface area contributed by atoms with E-state index in [1.54, 1.807) is 6.07 Å². The number of anilines is 1. The molecule has 0 atom stereocenters. The van der Waals surface area contributed by atoms with Crippen molar-refractivity contribution in [1.82, 2.24) is 4.98 Å². The van der Waals surface area contributed by atoms with Gasteiger partial charge in [-0.15, -0.1) is 0 Å². The van der Waals surface area contributed by atoms with E-state index in [1.165, 1.54) is 0 Å². The summed E-state index contributed by atoms with van der Waals surface area (Å²) in [6.07, 6.45) is 2.27. The van der Waals surface area contributed by atoms with E-state index in [1.807, 2.05) is 18.2 Å². The maximum absolute atomic E-state index is 11.8. The van der Waals surface area contributed by atoms with Crippen LogP contribution < -0.4 is 22.5 Å². The van der Waals surface area contributed by atoms with Crippen LogP contribution in [0.1, 0.15) is 40.4 Å². The zero-order valence-electron chi connectivity index (χ0n) is 14.0. The van der Waals surface area contributed by atoms with Gasteiger partial charge in [0, 0.05) is 34.5 Å². The Hall–Kier alpha value is -3.26. The maximum Gasteiger partial charge on any atom is 0.317 e. The van der Waals surface area contributed by atoms with Gasteiger partial charge in [-0.1, -0.05) is 12.1 Å².